The standard InChI is InChI=1S/C16H15BrN4/c1-12-9-14(11-19-16(12)17)18-10-13-7-8-21(20-13)15-5-3-2-4-6-15/h2-9,11,18H,10H2,1H3. The fourth-order valence-electron chi connectivity index (χ4n) is 2.03. The van der Waals surface area contributed by atoms with Gasteiger partial charge in [0.25, 0.3) is 0 Å². The van der Waals surface area contributed by atoms with E-state index in [-0.39, 0.29) is 0 Å². The topological polar surface area (TPSA) is 42.7 Å². The summed E-state index contributed by atoms with van der Waals surface area (Å²) < 4.78 is 2.75. The van der Waals surface area contributed by atoms with Crippen molar-refractivity contribution in [2.75, 3.05) is 5.32 Å². The number of benzene rings is 1. The average Bonchev–Trinajstić information content (AvgIpc) is 2.98. The van der Waals surface area contributed by atoms with E-state index in [0.717, 1.165) is 27.2 Å². The number of nitrogens with zero attached hydrogens (tertiary/aromatic N) is 3. The van der Waals surface area contributed by atoms with Gasteiger partial charge in [-0.05, 0) is 52.7 Å². The van der Waals surface area contributed by atoms with Crippen LogP contribution >= 0.6 is 15.9 Å². The summed E-state index contributed by atoms with van der Waals surface area (Å²) in [5.74, 6) is 0. The Morgan fingerprint density at radius 3 is 2.76 bits per heavy atom. The summed E-state index contributed by atoms with van der Waals surface area (Å²) in [5.41, 5.74) is 4.14. The van der Waals surface area contributed by atoms with Crippen molar-refractivity contribution in [3.8, 4) is 5.69 Å². The highest BCUT2D eigenvalue weighted by Gasteiger charge is 2.02. The van der Waals surface area contributed by atoms with Gasteiger partial charge in [-0.3, -0.25) is 0 Å². The monoisotopic (exact) mass is 342 g/mol. The maximum absolute atomic E-state index is 4.56. The number of nitrogens with one attached hydrogen (secondary N) is 1. The zero-order valence-corrected chi connectivity index (χ0v) is 13.2. The van der Waals surface area contributed by atoms with Crippen LogP contribution in [0, 0.1) is 6.92 Å². The third kappa shape index (κ3) is 3.31. The Kier molecular flexibility index (Phi) is 4.01. The second-order valence-corrected chi connectivity index (χ2v) is 5.52. The molecule has 0 unspecified atom stereocenters. The van der Waals surface area contributed by atoms with Crippen molar-refractivity contribution >= 4 is 21.6 Å². The second-order valence-electron chi connectivity index (χ2n) is 4.77. The fraction of sp³-hybridized carbons (Fsp3) is 0.125. The van der Waals surface area contributed by atoms with Crippen LogP contribution in [0.25, 0.3) is 5.69 Å². The van der Waals surface area contributed by atoms with E-state index in [1.807, 2.05) is 60.4 Å². The molecule has 0 radical (unpaired) electrons. The normalized spacial score (nSPS) is 10.6. The van der Waals surface area contributed by atoms with Gasteiger partial charge in [0.1, 0.15) is 4.60 Å². The van der Waals surface area contributed by atoms with E-state index in [1.54, 1.807) is 0 Å². The Morgan fingerprint density at radius 2 is 2.00 bits per heavy atom. The Labute approximate surface area is 132 Å². The van der Waals surface area contributed by atoms with Crippen molar-refractivity contribution in [2.45, 2.75) is 13.5 Å². The number of pyridine rings is 1. The Balaban J connectivity index is 1.69. The minimum Gasteiger partial charge on any atom is -0.378 e. The van der Waals surface area contributed by atoms with Gasteiger partial charge in [0.05, 0.1) is 29.8 Å². The van der Waals surface area contributed by atoms with Crippen LogP contribution in [-0.2, 0) is 6.54 Å². The molecule has 106 valence electrons. The Morgan fingerprint density at radius 1 is 1.19 bits per heavy atom. The number of halogens is 1. The van der Waals surface area contributed by atoms with E-state index in [2.05, 4.69) is 37.4 Å². The summed E-state index contributed by atoms with van der Waals surface area (Å²) in [6, 6.07) is 14.2. The Bertz CT molecular complexity index is 737. The third-order valence-electron chi connectivity index (χ3n) is 3.15. The molecule has 0 spiro atoms. The van der Waals surface area contributed by atoms with Crippen molar-refractivity contribution < 1.29 is 0 Å². The smallest absolute Gasteiger partial charge is 0.109 e. The minimum absolute atomic E-state index is 0.669. The number of aryl methyl sites for hydroxylation is 1. The highest BCUT2D eigenvalue weighted by molar-refractivity contribution is 9.10. The predicted octanol–water partition coefficient (Wildman–Crippen LogP) is 3.95. The van der Waals surface area contributed by atoms with Crippen LogP contribution in [0.4, 0.5) is 5.69 Å². The highest BCUT2D eigenvalue weighted by Crippen LogP contribution is 2.17. The zero-order chi connectivity index (χ0) is 14.7. The lowest BCUT2D eigenvalue weighted by atomic mass is 10.3. The number of hydrogen-bond donors (Lipinski definition) is 1. The maximum atomic E-state index is 4.56. The molecule has 2 aromatic heterocycles. The molecule has 0 saturated carbocycles. The molecule has 0 aliphatic heterocycles. The molecule has 1 aromatic carbocycles. The minimum atomic E-state index is 0.669. The number of rotatable bonds is 4. The van der Waals surface area contributed by atoms with Gasteiger partial charge in [0.15, 0.2) is 0 Å². The van der Waals surface area contributed by atoms with E-state index >= 15 is 0 Å². The number of hydrogen-bond acceptors (Lipinski definition) is 3. The lowest BCUT2D eigenvalue weighted by molar-refractivity contribution is 0.843. The van der Waals surface area contributed by atoms with Crippen molar-refractivity contribution in [3.05, 3.63) is 70.7 Å². The van der Waals surface area contributed by atoms with Gasteiger partial charge < -0.3 is 5.32 Å². The quantitative estimate of drug-likeness (QED) is 0.730. The van der Waals surface area contributed by atoms with Crippen molar-refractivity contribution in [2.24, 2.45) is 0 Å². The van der Waals surface area contributed by atoms with E-state index in [9.17, 15) is 0 Å². The summed E-state index contributed by atoms with van der Waals surface area (Å²) >= 11 is 3.40. The van der Waals surface area contributed by atoms with E-state index in [0.29, 0.717) is 6.54 Å². The fourth-order valence-corrected chi connectivity index (χ4v) is 2.24. The third-order valence-corrected chi connectivity index (χ3v) is 3.98. The molecule has 0 saturated heterocycles. The van der Waals surface area contributed by atoms with E-state index in [1.165, 1.54) is 0 Å². The molecule has 0 amide bonds. The van der Waals surface area contributed by atoms with Crippen LogP contribution in [0.15, 0.2) is 59.5 Å². The first-order valence-electron chi connectivity index (χ1n) is 6.68. The molecule has 21 heavy (non-hydrogen) atoms. The lowest BCUT2D eigenvalue weighted by Crippen LogP contribution is -2.02. The van der Waals surface area contributed by atoms with Gasteiger partial charge in [-0.25, -0.2) is 9.67 Å². The first-order valence-corrected chi connectivity index (χ1v) is 7.48. The van der Waals surface area contributed by atoms with Gasteiger partial charge >= 0.3 is 0 Å². The summed E-state index contributed by atoms with van der Waals surface area (Å²) in [6.45, 7) is 2.69. The lowest BCUT2D eigenvalue weighted by Gasteiger charge is -2.06. The van der Waals surface area contributed by atoms with Gasteiger partial charge in [-0.2, -0.15) is 5.10 Å². The first kappa shape index (κ1) is 13.8. The molecule has 3 rings (SSSR count). The largest absolute Gasteiger partial charge is 0.378 e. The molecular weight excluding hydrogens is 328 g/mol. The summed E-state index contributed by atoms with van der Waals surface area (Å²) in [4.78, 5) is 4.27. The highest BCUT2D eigenvalue weighted by atomic mass is 79.9. The number of aromatic nitrogens is 3. The summed E-state index contributed by atoms with van der Waals surface area (Å²) in [7, 11) is 0. The summed E-state index contributed by atoms with van der Waals surface area (Å²) in [6.07, 6.45) is 3.78. The molecule has 5 heteroatoms. The van der Waals surface area contributed by atoms with E-state index < -0.39 is 0 Å². The molecule has 1 N–H and O–H groups in total. The number of para-hydroxylation sites is 1. The molecular formula is C16H15BrN4. The molecule has 0 fully saturated rings. The zero-order valence-electron chi connectivity index (χ0n) is 11.6. The molecule has 0 aliphatic rings. The molecule has 4 nitrogen and oxygen atoms in total. The van der Waals surface area contributed by atoms with Crippen LogP contribution in [0.1, 0.15) is 11.3 Å². The second kappa shape index (κ2) is 6.10. The van der Waals surface area contributed by atoms with Crippen LogP contribution in [-0.4, -0.2) is 14.8 Å². The maximum Gasteiger partial charge on any atom is 0.109 e. The van der Waals surface area contributed by atoms with Crippen LogP contribution in [0.2, 0.25) is 0 Å². The van der Waals surface area contributed by atoms with Crippen molar-refractivity contribution in [3.63, 3.8) is 0 Å². The van der Waals surface area contributed by atoms with Crippen LogP contribution in [0.5, 0.6) is 0 Å². The average molecular weight is 343 g/mol. The molecule has 0 aliphatic carbocycles. The van der Waals surface area contributed by atoms with Gasteiger partial charge in [-0.1, -0.05) is 18.2 Å². The number of anilines is 1. The van der Waals surface area contributed by atoms with E-state index in [4.69, 9.17) is 0 Å². The molecule has 0 atom stereocenters. The van der Waals surface area contributed by atoms with Gasteiger partial charge in [0.2, 0.25) is 0 Å². The molecule has 0 bridgehead atoms. The molecule has 3 aromatic rings. The Hall–Kier alpha value is -2.14. The van der Waals surface area contributed by atoms with Crippen LogP contribution in [0.3, 0.4) is 0 Å². The van der Waals surface area contributed by atoms with Crippen LogP contribution < -0.4 is 5.32 Å². The first-order chi connectivity index (χ1) is 10.2. The van der Waals surface area contributed by atoms with Crippen molar-refractivity contribution in [1.29, 1.82) is 0 Å². The SMILES string of the molecule is Cc1cc(NCc2ccn(-c3ccccc3)n2)cnc1Br. The molecule has 2 heterocycles. The van der Waals surface area contributed by atoms with Crippen molar-refractivity contribution in [1.82, 2.24) is 14.8 Å². The predicted molar refractivity (Wildman–Crippen MR) is 87.6 cm³/mol. The van der Waals surface area contributed by atoms with Gasteiger partial charge in [0, 0.05) is 6.20 Å². The summed E-state index contributed by atoms with van der Waals surface area (Å²) in [5, 5.41) is 7.89. The van der Waals surface area contributed by atoms with Gasteiger partial charge in [-0.15, -0.1) is 0 Å².